The van der Waals surface area contributed by atoms with Crippen molar-refractivity contribution < 1.29 is 46.5 Å². The molecule has 340 valence electrons. The number of pyridine rings is 1. The number of morpholine rings is 1. The van der Waals surface area contributed by atoms with Crippen molar-refractivity contribution in [1.29, 1.82) is 0 Å². The van der Waals surface area contributed by atoms with E-state index in [2.05, 4.69) is 26.3 Å². The van der Waals surface area contributed by atoms with Crippen LogP contribution in [-0.2, 0) is 33.9 Å². The van der Waals surface area contributed by atoms with Crippen LogP contribution >= 0.6 is 0 Å². The van der Waals surface area contributed by atoms with Crippen molar-refractivity contribution in [1.82, 2.24) is 30.1 Å². The van der Waals surface area contributed by atoms with Crippen molar-refractivity contribution in [2.45, 2.75) is 125 Å². The van der Waals surface area contributed by atoms with E-state index in [0.29, 0.717) is 81.2 Å². The van der Waals surface area contributed by atoms with Crippen molar-refractivity contribution in [3.8, 4) is 11.6 Å². The Hall–Kier alpha value is -4.74. The largest absolute Gasteiger partial charge is 0.491 e. The second-order valence-electron chi connectivity index (χ2n) is 18.7. The maximum Gasteiger partial charge on any atom is 0.408 e. The molecule has 17 heteroatoms. The van der Waals surface area contributed by atoms with Gasteiger partial charge in [-0.2, -0.15) is 0 Å². The van der Waals surface area contributed by atoms with E-state index in [1.807, 2.05) is 42.5 Å². The fraction of sp³-hybridized carbons (Fsp3) is 0.630. The summed E-state index contributed by atoms with van der Waals surface area (Å²) in [7, 11) is -4.01. The molecule has 3 aliphatic carbocycles. The van der Waals surface area contributed by atoms with Crippen LogP contribution in [0.3, 0.4) is 0 Å². The first kappa shape index (κ1) is 43.5. The summed E-state index contributed by atoms with van der Waals surface area (Å²) in [6.45, 7) is 5.72. The zero-order chi connectivity index (χ0) is 43.8. The zero-order valence-corrected chi connectivity index (χ0v) is 36.9. The third-order valence-electron chi connectivity index (χ3n) is 14.0. The standard InChI is InChI=1S/C46H60N6O10S/c1-45(18-19-45)63(57,58)50-43(55)46-28-31(46)13-7-3-2-4-9-17-36-42(54)52-29-32(27-37(52)40(53)49-46)61-41-34(15-8-5-6-12-30-26-38(30)62-44(56)48-36)39(33-14-10-11-16-35(33)47-41)60-25-22-51-20-23-59-24-21-51/h7-8,10-11,13-16,30-32,36-38H,2-6,9,12,17-29H2,1H3,(H,48,56)(H,49,53)(H,50,55)/b13-7-,15-8+/t30-,31-,32-,36+,37+,38-,46-/m1/s1. The molecule has 4 amide bonds. The Balaban J connectivity index is 1.06. The fourth-order valence-corrected chi connectivity index (χ4v) is 10.8. The lowest BCUT2D eigenvalue weighted by Crippen LogP contribution is -2.58. The number of allylic oxidation sites excluding steroid dienone is 2. The quantitative estimate of drug-likeness (QED) is 0.333. The van der Waals surface area contributed by atoms with Gasteiger partial charge in [0.1, 0.15) is 42.2 Å². The number of alkyl carbamates (subject to hydrolysis) is 1. The number of sulfonamides is 1. The minimum atomic E-state index is -4.01. The Morgan fingerprint density at radius 1 is 1.00 bits per heavy atom. The molecular weight excluding hydrogens is 829 g/mol. The molecule has 2 saturated heterocycles. The number of benzene rings is 1. The molecule has 0 unspecified atom stereocenters. The molecular formula is C46H60N6O10S. The highest BCUT2D eigenvalue weighted by molar-refractivity contribution is 7.91. The number of aromatic nitrogens is 1. The summed E-state index contributed by atoms with van der Waals surface area (Å²) in [4.78, 5) is 65.7. The Morgan fingerprint density at radius 2 is 1.81 bits per heavy atom. The van der Waals surface area contributed by atoms with Gasteiger partial charge in [-0.25, -0.2) is 18.2 Å². The predicted octanol–water partition coefficient (Wildman–Crippen LogP) is 4.37. The van der Waals surface area contributed by atoms with Crippen LogP contribution in [0, 0.1) is 11.8 Å². The highest BCUT2D eigenvalue weighted by Crippen LogP contribution is 2.48. The molecule has 2 aromatic rings. The second-order valence-corrected chi connectivity index (χ2v) is 20.8. The van der Waals surface area contributed by atoms with Crippen LogP contribution < -0.4 is 24.8 Å². The maximum atomic E-state index is 14.8. The fourth-order valence-electron chi connectivity index (χ4n) is 9.45. The number of hydrogen-bond donors (Lipinski definition) is 3. The van der Waals surface area contributed by atoms with Gasteiger partial charge in [-0.15, -0.1) is 0 Å². The van der Waals surface area contributed by atoms with Crippen LogP contribution in [0.1, 0.15) is 96.0 Å². The van der Waals surface area contributed by atoms with Gasteiger partial charge in [-0.05, 0) is 95.3 Å². The molecule has 5 fully saturated rings. The van der Waals surface area contributed by atoms with Crippen LogP contribution in [0.25, 0.3) is 17.0 Å². The predicted molar refractivity (Wildman–Crippen MR) is 233 cm³/mol. The Kier molecular flexibility index (Phi) is 12.5. The summed E-state index contributed by atoms with van der Waals surface area (Å²) in [6, 6.07) is 5.61. The monoisotopic (exact) mass is 888 g/mol. The minimum Gasteiger partial charge on any atom is -0.491 e. The van der Waals surface area contributed by atoms with Gasteiger partial charge in [0.05, 0.1) is 35.6 Å². The van der Waals surface area contributed by atoms with Crippen molar-refractivity contribution in [3.05, 3.63) is 48.1 Å². The highest BCUT2D eigenvalue weighted by Gasteiger charge is 2.63. The first-order valence-electron chi connectivity index (χ1n) is 22.9. The molecule has 63 heavy (non-hydrogen) atoms. The molecule has 16 nitrogen and oxygen atoms in total. The SMILES string of the molecule is CC1(S(=O)(=O)NC(=O)[C@@]23C[C@H]2/C=C\CCCCC[C@@H]2NC(=O)O[C@@H]4C[C@H]4CCC/C=C/c4c(nc5ccccc5c4OCCN4CCOCC4)O[C@@H]4C[C@@H](C(=O)N3)N(C4)C2=O)CC1. The lowest BCUT2D eigenvalue weighted by molar-refractivity contribution is -0.141. The van der Waals surface area contributed by atoms with E-state index in [4.69, 9.17) is 23.9 Å². The summed E-state index contributed by atoms with van der Waals surface area (Å²) in [5.74, 6) is -1.15. The third-order valence-corrected chi connectivity index (χ3v) is 16.2. The van der Waals surface area contributed by atoms with E-state index in [0.717, 1.165) is 57.0 Å². The van der Waals surface area contributed by atoms with Crippen LogP contribution in [-0.4, -0.2) is 128 Å². The van der Waals surface area contributed by atoms with E-state index in [1.165, 1.54) is 4.90 Å². The first-order chi connectivity index (χ1) is 30.4. The molecule has 1 aromatic heterocycles. The third kappa shape index (κ3) is 9.56. The Morgan fingerprint density at radius 3 is 2.63 bits per heavy atom. The zero-order valence-electron chi connectivity index (χ0n) is 36.1. The number of amides is 4. The summed E-state index contributed by atoms with van der Waals surface area (Å²) >= 11 is 0. The van der Waals surface area contributed by atoms with Crippen molar-refractivity contribution in [2.75, 3.05) is 46.0 Å². The van der Waals surface area contributed by atoms with E-state index < -0.39 is 68.2 Å². The Bertz CT molecular complexity index is 2260. The normalized spacial score (nSPS) is 32.3. The van der Waals surface area contributed by atoms with Gasteiger partial charge in [0, 0.05) is 37.4 Å². The molecule has 3 N–H and O–H groups in total. The lowest BCUT2D eigenvalue weighted by Gasteiger charge is -2.30. The lowest BCUT2D eigenvalue weighted by atomic mass is 10.0. The minimum absolute atomic E-state index is 0.0189. The van der Waals surface area contributed by atoms with E-state index >= 15 is 0 Å². The number of fused-ring (bicyclic) bond motifs is 6. The number of carbonyl (C=O) groups excluding carboxylic acids is 4. The molecule has 7 atom stereocenters. The molecule has 7 aliphatic rings. The van der Waals surface area contributed by atoms with Crippen LogP contribution in [0.4, 0.5) is 4.79 Å². The van der Waals surface area contributed by atoms with Crippen molar-refractivity contribution in [3.63, 3.8) is 0 Å². The Labute approximate surface area is 368 Å². The topological polar surface area (TPSA) is 195 Å². The number of para-hydroxylation sites is 1. The van der Waals surface area contributed by atoms with E-state index in [-0.39, 0.29) is 31.4 Å². The molecule has 0 radical (unpaired) electrons. The molecule has 9 rings (SSSR count). The number of ether oxygens (including phenoxy) is 4. The highest BCUT2D eigenvalue weighted by atomic mass is 32.2. The number of nitrogens with zero attached hydrogens (tertiary/aromatic N) is 3. The average Bonchev–Trinajstić information content (AvgIpc) is 4.23. The second kappa shape index (κ2) is 18.0. The van der Waals surface area contributed by atoms with Gasteiger partial charge in [0.2, 0.25) is 27.7 Å². The van der Waals surface area contributed by atoms with Gasteiger partial charge >= 0.3 is 6.09 Å². The molecule has 3 saturated carbocycles. The van der Waals surface area contributed by atoms with Crippen molar-refractivity contribution >= 4 is 50.8 Å². The van der Waals surface area contributed by atoms with E-state index in [1.54, 1.807) is 6.92 Å². The van der Waals surface area contributed by atoms with Crippen LogP contribution in [0.2, 0.25) is 0 Å². The summed E-state index contributed by atoms with van der Waals surface area (Å²) in [5, 5.41) is 6.63. The smallest absolute Gasteiger partial charge is 0.408 e. The molecule has 5 heterocycles. The van der Waals surface area contributed by atoms with Gasteiger partial charge < -0.3 is 34.5 Å². The van der Waals surface area contributed by atoms with Gasteiger partial charge in [-0.1, -0.05) is 43.2 Å². The molecule has 1 aromatic carbocycles. The van der Waals surface area contributed by atoms with Crippen LogP contribution in [0.5, 0.6) is 11.6 Å². The van der Waals surface area contributed by atoms with Crippen LogP contribution in [0.15, 0.2) is 42.5 Å². The number of hydrogen-bond acceptors (Lipinski definition) is 12. The van der Waals surface area contributed by atoms with E-state index in [9.17, 15) is 27.6 Å². The average molecular weight is 889 g/mol. The van der Waals surface area contributed by atoms with Crippen molar-refractivity contribution in [2.24, 2.45) is 11.8 Å². The van der Waals surface area contributed by atoms with Gasteiger partial charge in [-0.3, -0.25) is 24.0 Å². The van der Waals surface area contributed by atoms with Gasteiger partial charge in [0.25, 0.3) is 5.91 Å². The number of carbonyl (C=O) groups is 4. The molecule has 3 bridgehead atoms. The first-order valence-corrected chi connectivity index (χ1v) is 24.4. The summed E-state index contributed by atoms with van der Waals surface area (Å²) in [6.07, 6.45) is 13.9. The number of rotatable bonds is 7. The number of nitrogens with one attached hydrogen (secondary N) is 3. The summed E-state index contributed by atoms with van der Waals surface area (Å²) in [5.41, 5.74) is -0.212. The molecule has 4 aliphatic heterocycles. The van der Waals surface area contributed by atoms with Gasteiger partial charge in [0.15, 0.2) is 0 Å². The maximum absolute atomic E-state index is 14.8. The summed E-state index contributed by atoms with van der Waals surface area (Å²) < 4.78 is 52.7. The molecule has 0 spiro atoms.